The Balaban J connectivity index is 2.36. The first kappa shape index (κ1) is 14.9. The standard InChI is InChI=1S/C12H9F2NO3S2/c1-6(16)11-5-10(15(17)18)12(20-11)19-7-2-3-8(13)9(14)4-7/h2-6,16H,1H3/t6-/m1/s1. The first-order valence-electron chi connectivity index (χ1n) is 5.47. The molecule has 0 bridgehead atoms. The summed E-state index contributed by atoms with van der Waals surface area (Å²) < 4.78 is 26.3. The minimum absolute atomic E-state index is 0.152. The quantitative estimate of drug-likeness (QED) is 0.680. The molecule has 0 amide bonds. The molecule has 0 fully saturated rings. The van der Waals surface area contributed by atoms with E-state index in [2.05, 4.69) is 0 Å². The number of halogens is 2. The van der Waals surface area contributed by atoms with Crippen molar-refractivity contribution in [1.82, 2.24) is 0 Å². The second-order valence-corrected chi connectivity index (χ2v) is 6.36. The molecular formula is C12H9F2NO3S2. The predicted octanol–water partition coefficient (Wildman–Crippen LogP) is 4.14. The maximum Gasteiger partial charge on any atom is 0.294 e. The van der Waals surface area contributed by atoms with Gasteiger partial charge in [-0.15, -0.1) is 11.3 Å². The zero-order valence-corrected chi connectivity index (χ0v) is 11.8. The van der Waals surface area contributed by atoms with Crippen LogP contribution >= 0.6 is 23.1 Å². The first-order valence-corrected chi connectivity index (χ1v) is 7.11. The monoisotopic (exact) mass is 317 g/mol. The SMILES string of the molecule is C[C@@H](O)c1cc([N+](=O)[O-])c(Sc2ccc(F)c(F)c2)s1. The van der Waals surface area contributed by atoms with E-state index < -0.39 is 22.7 Å². The van der Waals surface area contributed by atoms with Gasteiger partial charge in [-0.1, -0.05) is 11.8 Å². The highest BCUT2D eigenvalue weighted by atomic mass is 32.2. The van der Waals surface area contributed by atoms with Crippen molar-refractivity contribution in [3.05, 3.63) is 50.9 Å². The molecule has 1 N–H and O–H groups in total. The smallest absolute Gasteiger partial charge is 0.294 e. The maximum atomic E-state index is 13.1. The maximum absolute atomic E-state index is 13.1. The topological polar surface area (TPSA) is 63.4 Å². The highest BCUT2D eigenvalue weighted by molar-refractivity contribution is 8.01. The number of thiophene rings is 1. The number of hydrogen-bond donors (Lipinski definition) is 1. The Morgan fingerprint density at radius 1 is 1.35 bits per heavy atom. The van der Waals surface area contributed by atoms with E-state index in [0.717, 1.165) is 35.2 Å². The second kappa shape index (κ2) is 5.86. The molecule has 0 saturated heterocycles. The summed E-state index contributed by atoms with van der Waals surface area (Å²) in [6, 6.07) is 4.57. The molecule has 1 heterocycles. The van der Waals surface area contributed by atoms with Crippen LogP contribution in [0.25, 0.3) is 0 Å². The van der Waals surface area contributed by atoms with Crippen LogP contribution in [-0.4, -0.2) is 10.0 Å². The van der Waals surface area contributed by atoms with Crippen molar-refractivity contribution in [2.75, 3.05) is 0 Å². The van der Waals surface area contributed by atoms with Crippen LogP contribution in [0.2, 0.25) is 0 Å². The summed E-state index contributed by atoms with van der Waals surface area (Å²) in [6.45, 7) is 1.50. The molecule has 4 nitrogen and oxygen atoms in total. The number of hydrogen-bond acceptors (Lipinski definition) is 5. The average Bonchev–Trinajstić information content (AvgIpc) is 2.78. The Kier molecular flexibility index (Phi) is 4.36. The molecule has 0 spiro atoms. The lowest BCUT2D eigenvalue weighted by atomic mass is 10.3. The molecule has 20 heavy (non-hydrogen) atoms. The van der Waals surface area contributed by atoms with Gasteiger partial charge in [0.15, 0.2) is 11.6 Å². The lowest BCUT2D eigenvalue weighted by Crippen LogP contribution is -1.88. The van der Waals surface area contributed by atoms with Crippen molar-refractivity contribution in [1.29, 1.82) is 0 Å². The van der Waals surface area contributed by atoms with E-state index in [1.54, 1.807) is 0 Å². The summed E-state index contributed by atoms with van der Waals surface area (Å²) in [5.74, 6) is -1.98. The minimum Gasteiger partial charge on any atom is -0.388 e. The zero-order chi connectivity index (χ0) is 14.9. The molecule has 1 atom stereocenters. The molecule has 2 aromatic rings. The Morgan fingerprint density at radius 2 is 2.05 bits per heavy atom. The van der Waals surface area contributed by atoms with E-state index in [9.17, 15) is 24.0 Å². The molecule has 0 radical (unpaired) electrons. The molecule has 2 rings (SSSR count). The summed E-state index contributed by atoms with van der Waals surface area (Å²) in [4.78, 5) is 11.2. The molecular weight excluding hydrogens is 308 g/mol. The number of aliphatic hydroxyl groups excluding tert-OH is 1. The van der Waals surface area contributed by atoms with Gasteiger partial charge in [-0.3, -0.25) is 10.1 Å². The summed E-state index contributed by atoms with van der Waals surface area (Å²) in [5, 5.41) is 20.4. The van der Waals surface area contributed by atoms with Crippen molar-refractivity contribution >= 4 is 28.8 Å². The van der Waals surface area contributed by atoms with Gasteiger partial charge in [0, 0.05) is 15.8 Å². The highest BCUT2D eigenvalue weighted by Crippen LogP contribution is 2.43. The van der Waals surface area contributed by atoms with Gasteiger partial charge in [-0.2, -0.15) is 0 Å². The van der Waals surface area contributed by atoms with E-state index in [4.69, 9.17) is 0 Å². The van der Waals surface area contributed by atoms with Crippen LogP contribution in [0.3, 0.4) is 0 Å². The Bertz CT molecular complexity index is 658. The van der Waals surface area contributed by atoms with Crippen molar-refractivity contribution in [2.45, 2.75) is 22.1 Å². The summed E-state index contributed by atoms with van der Waals surface area (Å²) >= 11 is 2.02. The van der Waals surface area contributed by atoms with Gasteiger partial charge in [0.1, 0.15) is 4.21 Å². The van der Waals surface area contributed by atoms with Crippen LogP contribution in [0.4, 0.5) is 14.5 Å². The Labute approximate surface area is 121 Å². The fraction of sp³-hybridized carbons (Fsp3) is 0.167. The molecule has 0 aliphatic carbocycles. The van der Waals surface area contributed by atoms with E-state index in [1.807, 2.05) is 0 Å². The van der Waals surface area contributed by atoms with Crippen LogP contribution < -0.4 is 0 Å². The van der Waals surface area contributed by atoms with Crippen LogP contribution in [-0.2, 0) is 0 Å². The largest absolute Gasteiger partial charge is 0.388 e. The number of aliphatic hydroxyl groups is 1. The molecule has 0 saturated carbocycles. The van der Waals surface area contributed by atoms with E-state index in [1.165, 1.54) is 19.1 Å². The van der Waals surface area contributed by atoms with Gasteiger partial charge >= 0.3 is 0 Å². The molecule has 106 valence electrons. The highest BCUT2D eigenvalue weighted by Gasteiger charge is 2.22. The number of nitro groups is 1. The summed E-state index contributed by atoms with van der Waals surface area (Å²) in [6.07, 6.45) is -0.821. The van der Waals surface area contributed by atoms with E-state index >= 15 is 0 Å². The van der Waals surface area contributed by atoms with Gasteiger partial charge in [-0.25, -0.2) is 8.78 Å². The van der Waals surface area contributed by atoms with Crippen LogP contribution in [0.15, 0.2) is 33.4 Å². The van der Waals surface area contributed by atoms with Crippen LogP contribution in [0.1, 0.15) is 17.9 Å². The second-order valence-electron chi connectivity index (χ2n) is 3.93. The van der Waals surface area contributed by atoms with E-state index in [-0.39, 0.29) is 5.69 Å². The fourth-order valence-electron chi connectivity index (χ4n) is 1.44. The van der Waals surface area contributed by atoms with Crippen molar-refractivity contribution in [3.63, 3.8) is 0 Å². The first-order chi connectivity index (χ1) is 9.38. The molecule has 0 aliphatic heterocycles. The summed E-state index contributed by atoms with van der Waals surface area (Å²) in [5.41, 5.74) is -0.152. The van der Waals surface area contributed by atoms with Crippen molar-refractivity contribution in [2.24, 2.45) is 0 Å². The molecule has 0 aliphatic rings. The summed E-state index contributed by atoms with van der Waals surface area (Å²) in [7, 11) is 0. The van der Waals surface area contributed by atoms with Gasteiger partial charge in [0.2, 0.25) is 0 Å². The lowest BCUT2D eigenvalue weighted by Gasteiger charge is -2.00. The normalized spacial score (nSPS) is 12.4. The van der Waals surface area contributed by atoms with Crippen LogP contribution in [0.5, 0.6) is 0 Å². The predicted molar refractivity (Wildman–Crippen MR) is 72.1 cm³/mol. The molecule has 8 heteroatoms. The van der Waals surface area contributed by atoms with E-state index in [0.29, 0.717) is 14.0 Å². The van der Waals surface area contributed by atoms with Gasteiger partial charge in [0.25, 0.3) is 5.69 Å². The van der Waals surface area contributed by atoms with Crippen molar-refractivity contribution in [3.8, 4) is 0 Å². The third-order valence-corrected chi connectivity index (χ3v) is 4.88. The Hall–Kier alpha value is -1.51. The zero-order valence-electron chi connectivity index (χ0n) is 10.2. The van der Waals surface area contributed by atoms with Crippen LogP contribution in [0, 0.1) is 21.7 Å². The van der Waals surface area contributed by atoms with Gasteiger partial charge in [-0.05, 0) is 25.1 Å². The third-order valence-electron chi connectivity index (χ3n) is 2.41. The molecule has 1 aromatic heterocycles. The minimum atomic E-state index is -1.01. The number of benzene rings is 1. The number of rotatable bonds is 4. The molecule has 0 unspecified atom stereocenters. The Morgan fingerprint density at radius 3 is 2.60 bits per heavy atom. The molecule has 1 aromatic carbocycles. The number of nitrogens with zero attached hydrogens (tertiary/aromatic N) is 1. The van der Waals surface area contributed by atoms with Crippen molar-refractivity contribution < 1.29 is 18.8 Å². The average molecular weight is 317 g/mol. The van der Waals surface area contributed by atoms with Gasteiger partial charge < -0.3 is 5.11 Å². The lowest BCUT2D eigenvalue weighted by molar-refractivity contribution is -0.387. The van der Waals surface area contributed by atoms with Gasteiger partial charge in [0.05, 0.1) is 11.0 Å². The fourth-order valence-corrected chi connectivity index (χ4v) is 3.72. The third kappa shape index (κ3) is 3.14.